The zero-order valence-electron chi connectivity index (χ0n) is 13.6. The largest absolute Gasteiger partial charge is 0.459 e. The van der Waals surface area contributed by atoms with Crippen LogP contribution in [0.25, 0.3) is 11.7 Å². The Kier molecular flexibility index (Phi) is 3.72. The number of furan rings is 1. The number of pyridine rings is 1. The molecule has 25 heavy (non-hydrogen) atoms. The maximum atomic E-state index is 12.6. The van der Waals surface area contributed by atoms with E-state index in [0.717, 1.165) is 6.42 Å². The Morgan fingerprint density at radius 3 is 3.00 bits per heavy atom. The van der Waals surface area contributed by atoms with Gasteiger partial charge in [0.2, 0.25) is 0 Å². The molecule has 0 aromatic carbocycles. The fourth-order valence-corrected chi connectivity index (χ4v) is 2.99. The standard InChI is InChI=1S/C17H16N4O4/c1-20-7-2-4-12(16(20)22)17(23)21-8-6-11(10-21)14-18-15(25-19-14)13-5-3-9-24-13/h2-5,7,9,11H,6,8,10H2,1H3/t11-/m0/s1. The molecule has 0 radical (unpaired) electrons. The van der Waals surface area contributed by atoms with Crippen LogP contribution in [0, 0.1) is 0 Å². The third kappa shape index (κ3) is 2.75. The second kappa shape index (κ2) is 6.04. The minimum atomic E-state index is -0.296. The van der Waals surface area contributed by atoms with Gasteiger partial charge < -0.3 is 18.4 Å². The lowest BCUT2D eigenvalue weighted by molar-refractivity contribution is 0.0788. The molecule has 3 aromatic heterocycles. The zero-order chi connectivity index (χ0) is 17.4. The first-order valence-corrected chi connectivity index (χ1v) is 7.96. The highest BCUT2D eigenvalue weighted by Gasteiger charge is 2.32. The molecule has 0 aliphatic carbocycles. The van der Waals surface area contributed by atoms with Crippen molar-refractivity contribution in [3.05, 3.63) is 58.5 Å². The van der Waals surface area contributed by atoms with E-state index >= 15 is 0 Å². The summed E-state index contributed by atoms with van der Waals surface area (Å²) in [5, 5.41) is 4.00. The molecule has 0 N–H and O–H groups in total. The molecular weight excluding hydrogens is 324 g/mol. The molecule has 8 nitrogen and oxygen atoms in total. The number of aryl methyl sites for hydroxylation is 1. The van der Waals surface area contributed by atoms with E-state index in [1.54, 1.807) is 42.4 Å². The number of nitrogens with zero attached hydrogens (tertiary/aromatic N) is 4. The quantitative estimate of drug-likeness (QED) is 0.720. The van der Waals surface area contributed by atoms with E-state index in [9.17, 15) is 9.59 Å². The maximum Gasteiger partial charge on any atom is 0.293 e. The van der Waals surface area contributed by atoms with Gasteiger partial charge >= 0.3 is 0 Å². The second-order valence-electron chi connectivity index (χ2n) is 6.01. The van der Waals surface area contributed by atoms with Gasteiger partial charge in [-0.2, -0.15) is 4.98 Å². The van der Waals surface area contributed by atoms with Crippen LogP contribution in [-0.2, 0) is 7.05 Å². The molecule has 4 rings (SSSR count). The molecule has 0 bridgehead atoms. The van der Waals surface area contributed by atoms with Crippen molar-refractivity contribution in [2.24, 2.45) is 7.05 Å². The van der Waals surface area contributed by atoms with E-state index in [2.05, 4.69) is 10.1 Å². The van der Waals surface area contributed by atoms with Crippen molar-refractivity contribution in [2.45, 2.75) is 12.3 Å². The molecule has 1 aliphatic rings. The number of rotatable bonds is 3. The summed E-state index contributed by atoms with van der Waals surface area (Å²) in [6.45, 7) is 1.00. The Balaban J connectivity index is 1.51. The fourth-order valence-electron chi connectivity index (χ4n) is 2.99. The molecular formula is C17H16N4O4. The summed E-state index contributed by atoms with van der Waals surface area (Å²) in [4.78, 5) is 30.8. The molecule has 4 heterocycles. The van der Waals surface area contributed by atoms with Crippen LogP contribution in [0.4, 0.5) is 0 Å². The SMILES string of the molecule is Cn1cccc(C(=O)N2CC[C@H](c3noc(-c4ccco4)n3)C2)c1=O. The van der Waals surface area contributed by atoms with Gasteiger partial charge in [-0.1, -0.05) is 5.16 Å². The molecule has 0 saturated carbocycles. The monoisotopic (exact) mass is 340 g/mol. The topological polar surface area (TPSA) is 94.4 Å². The minimum absolute atomic E-state index is 0.0241. The first kappa shape index (κ1) is 15.4. The van der Waals surface area contributed by atoms with Crippen LogP contribution in [0.3, 0.4) is 0 Å². The highest BCUT2D eigenvalue weighted by molar-refractivity contribution is 5.94. The molecule has 3 aromatic rings. The number of aromatic nitrogens is 3. The van der Waals surface area contributed by atoms with Gasteiger partial charge in [0.25, 0.3) is 17.4 Å². The zero-order valence-corrected chi connectivity index (χ0v) is 13.6. The van der Waals surface area contributed by atoms with Crippen LogP contribution >= 0.6 is 0 Å². The third-order valence-corrected chi connectivity index (χ3v) is 4.37. The van der Waals surface area contributed by atoms with Crippen LogP contribution in [0.2, 0.25) is 0 Å². The normalized spacial score (nSPS) is 17.2. The van der Waals surface area contributed by atoms with Gasteiger partial charge in [0.1, 0.15) is 5.56 Å². The Bertz CT molecular complexity index is 957. The second-order valence-corrected chi connectivity index (χ2v) is 6.01. The highest BCUT2D eigenvalue weighted by atomic mass is 16.5. The molecule has 1 fully saturated rings. The van der Waals surface area contributed by atoms with E-state index in [0.29, 0.717) is 30.6 Å². The molecule has 8 heteroatoms. The van der Waals surface area contributed by atoms with Gasteiger partial charge in [0.05, 0.1) is 6.26 Å². The van der Waals surface area contributed by atoms with Crippen LogP contribution < -0.4 is 5.56 Å². The first-order chi connectivity index (χ1) is 12.1. The maximum absolute atomic E-state index is 12.6. The van der Waals surface area contributed by atoms with E-state index in [-0.39, 0.29) is 22.9 Å². The lowest BCUT2D eigenvalue weighted by Gasteiger charge is -2.15. The molecule has 128 valence electrons. The van der Waals surface area contributed by atoms with Crippen molar-refractivity contribution < 1.29 is 13.7 Å². The molecule has 1 amide bonds. The lowest BCUT2D eigenvalue weighted by Crippen LogP contribution is -2.34. The van der Waals surface area contributed by atoms with Gasteiger partial charge in [0.15, 0.2) is 11.6 Å². The van der Waals surface area contributed by atoms with E-state index in [4.69, 9.17) is 8.94 Å². The summed E-state index contributed by atoms with van der Waals surface area (Å²) in [6, 6.07) is 6.74. The van der Waals surface area contributed by atoms with Crippen molar-refractivity contribution in [3.63, 3.8) is 0 Å². The van der Waals surface area contributed by atoms with Gasteiger partial charge in [-0.05, 0) is 30.7 Å². The van der Waals surface area contributed by atoms with Crippen molar-refractivity contribution in [3.8, 4) is 11.7 Å². The van der Waals surface area contributed by atoms with E-state index in [1.807, 2.05) is 0 Å². The van der Waals surface area contributed by atoms with Gasteiger partial charge in [0, 0.05) is 32.3 Å². The number of likely N-dealkylation sites (tertiary alicyclic amines) is 1. The van der Waals surface area contributed by atoms with Crippen LogP contribution in [0.5, 0.6) is 0 Å². The highest BCUT2D eigenvalue weighted by Crippen LogP contribution is 2.28. The molecule has 1 aliphatic heterocycles. The minimum Gasteiger partial charge on any atom is -0.459 e. The number of carbonyl (C=O) groups excluding carboxylic acids is 1. The molecule has 1 saturated heterocycles. The average molecular weight is 340 g/mol. The smallest absolute Gasteiger partial charge is 0.293 e. The Morgan fingerprint density at radius 2 is 2.20 bits per heavy atom. The van der Waals surface area contributed by atoms with Crippen molar-refractivity contribution >= 4 is 5.91 Å². The van der Waals surface area contributed by atoms with E-state index in [1.165, 1.54) is 10.8 Å². The summed E-state index contributed by atoms with van der Waals surface area (Å²) >= 11 is 0. The number of hydrogen-bond acceptors (Lipinski definition) is 6. The predicted octanol–water partition coefficient (Wildman–Crippen LogP) is 1.66. The Hall–Kier alpha value is -3.16. The molecule has 0 unspecified atom stereocenters. The average Bonchev–Trinajstić information content (AvgIpc) is 3.36. The van der Waals surface area contributed by atoms with Crippen molar-refractivity contribution in [1.82, 2.24) is 19.6 Å². The van der Waals surface area contributed by atoms with Crippen LogP contribution in [-0.4, -0.2) is 38.6 Å². The van der Waals surface area contributed by atoms with Crippen molar-refractivity contribution in [1.29, 1.82) is 0 Å². The van der Waals surface area contributed by atoms with Crippen LogP contribution in [0.1, 0.15) is 28.5 Å². The first-order valence-electron chi connectivity index (χ1n) is 7.96. The fraction of sp³-hybridized carbons (Fsp3) is 0.294. The lowest BCUT2D eigenvalue weighted by atomic mass is 10.1. The molecule has 1 atom stereocenters. The number of hydrogen-bond donors (Lipinski definition) is 0. The van der Waals surface area contributed by atoms with Gasteiger partial charge in [-0.15, -0.1) is 0 Å². The number of carbonyl (C=O) groups is 1. The van der Waals surface area contributed by atoms with Gasteiger partial charge in [-0.3, -0.25) is 9.59 Å². The summed E-state index contributed by atoms with van der Waals surface area (Å²) < 4.78 is 11.9. The number of amides is 1. The summed E-state index contributed by atoms with van der Waals surface area (Å²) in [7, 11) is 1.63. The summed E-state index contributed by atoms with van der Waals surface area (Å²) in [6.07, 6.45) is 3.88. The molecule has 0 spiro atoms. The van der Waals surface area contributed by atoms with Gasteiger partial charge in [-0.25, -0.2) is 0 Å². The third-order valence-electron chi connectivity index (χ3n) is 4.37. The van der Waals surface area contributed by atoms with Crippen LogP contribution in [0.15, 0.2) is 50.5 Å². The summed E-state index contributed by atoms with van der Waals surface area (Å²) in [5.74, 6) is 1.09. The van der Waals surface area contributed by atoms with Crippen molar-refractivity contribution in [2.75, 3.05) is 13.1 Å². The Labute approximate surface area is 142 Å². The predicted molar refractivity (Wildman–Crippen MR) is 86.9 cm³/mol. The summed E-state index contributed by atoms with van der Waals surface area (Å²) in [5.41, 5.74) is -0.120. The van der Waals surface area contributed by atoms with E-state index < -0.39 is 0 Å². The Morgan fingerprint density at radius 1 is 1.32 bits per heavy atom.